The number of hydrogen-bond acceptors (Lipinski definition) is 5. The van der Waals surface area contributed by atoms with Gasteiger partial charge in [-0.1, -0.05) is 29.8 Å². The number of ether oxygens (including phenoxy) is 2. The number of carbonyl (C=O) groups is 1. The summed E-state index contributed by atoms with van der Waals surface area (Å²) in [5.74, 6) is 0.678. The molecule has 1 N–H and O–H groups in total. The Kier molecular flexibility index (Phi) is 7.47. The predicted molar refractivity (Wildman–Crippen MR) is 99.4 cm³/mol. The molecule has 0 aliphatic heterocycles. The van der Waals surface area contributed by atoms with Crippen molar-refractivity contribution in [3.8, 4) is 17.6 Å². The maximum absolute atomic E-state index is 11.2. The molecule has 26 heavy (non-hydrogen) atoms. The summed E-state index contributed by atoms with van der Waals surface area (Å²) in [6.07, 6.45) is 1.23. The van der Waals surface area contributed by atoms with Gasteiger partial charge in [0.2, 0.25) is 0 Å². The van der Waals surface area contributed by atoms with Crippen LogP contribution in [-0.4, -0.2) is 18.7 Å². The molecule has 0 aliphatic rings. The van der Waals surface area contributed by atoms with Gasteiger partial charge in [0.15, 0.2) is 11.5 Å². The van der Waals surface area contributed by atoms with Gasteiger partial charge in [0.1, 0.15) is 13.0 Å². The largest absolute Gasteiger partial charge is 0.490 e. The lowest BCUT2D eigenvalue weighted by Gasteiger charge is -2.13. The number of amides is 1. The van der Waals surface area contributed by atoms with Gasteiger partial charge in [0.25, 0.3) is 5.91 Å². The molecule has 134 valence electrons. The third-order valence-electron chi connectivity index (χ3n) is 3.25. The molecule has 0 aliphatic carbocycles. The molecule has 0 unspecified atom stereocenters. The molecule has 0 saturated carbocycles. The van der Waals surface area contributed by atoms with Crippen molar-refractivity contribution in [1.29, 1.82) is 5.26 Å². The number of benzene rings is 2. The van der Waals surface area contributed by atoms with Crippen molar-refractivity contribution in [1.82, 2.24) is 5.43 Å². The monoisotopic (exact) mass is 371 g/mol. The highest BCUT2D eigenvalue weighted by molar-refractivity contribution is 6.31. The normalized spacial score (nSPS) is 10.3. The molecular formula is C19H18ClN3O3. The minimum absolute atomic E-state index is 0.240. The summed E-state index contributed by atoms with van der Waals surface area (Å²) in [6.45, 7) is 2.67. The zero-order chi connectivity index (χ0) is 18.8. The number of hydrogen-bond donors (Lipinski definition) is 1. The van der Waals surface area contributed by atoms with Crippen LogP contribution in [0.2, 0.25) is 5.02 Å². The quantitative estimate of drug-likeness (QED) is 0.566. The molecule has 0 radical (unpaired) electrons. The van der Waals surface area contributed by atoms with Crippen LogP contribution in [0.5, 0.6) is 11.5 Å². The van der Waals surface area contributed by atoms with E-state index in [9.17, 15) is 4.79 Å². The van der Waals surface area contributed by atoms with Crippen molar-refractivity contribution < 1.29 is 14.3 Å². The number of hydrazone groups is 1. The Morgan fingerprint density at radius 1 is 1.27 bits per heavy atom. The number of halogens is 1. The second-order valence-corrected chi connectivity index (χ2v) is 5.55. The molecule has 0 atom stereocenters. The number of nitrogens with one attached hydrogen (secondary N) is 1. The molecule has 0 bridgehead atoms. The predicted octanol–water partition coefficient (Wildman–Crippen LogP) is 3.68. The average Bonchev–Trinajstić information content (AvgIpc) is 2.63. The fourth-order valence-electron chi connectivity index (χ4n) is 2.05. The molecule has 6 nitrogen and oxygen atoms in total. The summed E-state index contributed by atoms with van der Waals surface area (Å²) in [7, 11) is 0. The molecule has 7 heteroatoms. The summed E-state index contributed by atoms with van der Waals surface area (Å²) >= 11 is 6.14. The summed E-state index contributed by atoms with van der Waals surface area (Å²) in [5.41, 5.74) is 3.87. The van der Waals surface area contributed by atoms with E-state index in [-0.39, 0.29) is 6.42 Å². The van der Waals surface area contributed by atoms with Gasteiger partial charge in [-0.05, 0) is 36.8 Å². The van der Waals surface area contributed by atoms with Crippen molar-refractivity contribution in [3.05, 3.63) is 58.6 Å². The van der Waals surface area contributed by atoms with Crippen molar-refractivity contribution in [2.24, 2.45) is 5.10 Å². The number of nitriles is 1. The molecule has 0 heterocycles. The van der Waals surface area contributed by atoms with E-state index < -0.39 is 5.91 Å². The Labute approximate surface area is 157 Å². The van der Waals surface area contributed by atoms with Gasteiger partial charge < -0.3 is 9.47 Å². The van der Waals surface area contributed by atoms with Gasteiger partial charge in [-0.3, -0.25) is 4.79 Å². The standard InChI is InChI=1S/C19H18ClN3O3/c1-2-25-18-11-14(12-22-23-19(24)9-10-21)7-8-17(18)26-13-15-5-3-4-6-16(15)20/h3-8,11-12H,2,9,13H2,1H3,(H,23,24)/b22-12+. The zero-order valence-corrected chi connectivity index (χ0v) is 15.0. The minimum atomic E-state index is -0.464. The first-order chi connectivity index (χ1) is 12.6. The second-order valence-electron chi connectivity index (χ2n) is 5.15. The van der Waals surface area contributed by atoms with Crippen LogP contribution in [0.1, 0.15) is 24.5 Å². The van der Waals surface area contributed by atoms with Gasteiger partial charge >= 0.3 is 0 Å². The fraction of sp³-hybridized carbons (Fsp3) is 0.211. The molecule has 1 amide bonds. The maximum atomic E-state index is 11.2. The van der Waals surface area contributed by atoms with Gasteiger partial charge in [0.05, 0.1) is 18.9 Å². The first kappa shape index (κ1) is 19.3. The third kappa shape index (κ3) is 5.80. The van der Waals surface area contributed by atoms with E-state index in [1.807, 2.05) is 31.2 Å². The van der Waals surface area contributed by atoms with E-state index in [4.69, 9.17) is 26.3 Å². The van der Waals surface area contributed by atoms with Crippen molar-refractivity contribution in [2.75, 3.05) is 6.61 Å². The topological polar surface area (TPSA) is 83.7 Å². The lowest BCUT2D eigenvalue weighted by atomic mass is 10.2. The highest BCUT2D eigenvalue weighted by Crippen LogP contribution is 2.29. The summed E-state index contributed by atoms with van der Waals surface area (Å²) < 4.78 is 11.4. The molecular weight excluding hydrogens is 354 g/mol. The molecule has 2 rings (SSSR count). The van der Waals surface area contributed by atoms with Crippen LogP contribution in [0, 0.1) is 11.3 Å². The smallest absolute Gasteiger partial charge is 0.254 e. The van der Waals surface area contributed by atoms with E-state index in [0.29, 0.717) is 29.7 Å². The Morgan fingerprint density at radius 2 is 2.08 bits per heavy atom. The van der Waals surface area contributed by atoms with E-state index in [0.717, 1.165) is 11.1 Å². The number of rotatable bonds is 8. The zero-order valence-electron chi connectivity index (χ0n) is 14.2. The van der Waals surface area contributed by atoms with Gasteiger partial charge in [0, 0.05) is 10.6 Å². The van der Waals surface area contributed by atoms with Crippen LogP contribution < -0.4 is 14.9 Å². The lowest BCUT2D eigenvalue weighted by Crippen LogP contribution is -2.16. The summed E-state index contributed by atoms with van der Waals surface area (Å²) in [6, 6.07) is 14.5. The van der Waals surface area contributed by atoms with Crippen LogP contribution in [-0.2, 0) is 11.4 Å². The van der Waals surface area contributed by atoms with E-state index in [1.54, 1.807) is 24.3 Å². The molecule has 0 spiro atoms. The minimum Gasteiger partial charge on any atom is -0.490 e. The Hall–Kier alpha value is -3.04. The Balaban J connectivity index is 2.08. The summed E-state index contributed by atoms with van der Waals surface area (Å²) in [4.78, 5) is 11.2. The maximum Gasteiger partial charge on any atom is 0.254 e. The van der Waals surface area contributed by atoms with Gasteiger partial charge in [-0.2, -0.15) is 10.4 Å². The average molecular weight is 372 g/mol. The fourth-order valence-corrected chi connectivity index (χ4v) is 2.24. The Morgan fingerprint density at radius 3 is 2.81 bits per heavy atom. The number of carbonyl (C=O) groups excluding carboxylic acids is 1. The first-order valence-corrected chi connectivity index (χ1v) is 8.33. The van der Waals surface area contributed by atoms with Crippen LogP contribution in [0.15, 0.2) is 47.6 Å². The highest BCUT2D eigenvalue weighted by Gasteiger charge is 2.08. The van der Waals surface area contributed by atoms with E-state index >= 15 is 0 Å². The second kappa shape index (κ2) is 10.1. The van der Waals surface area contributed by atoms with E-state index in [1.165, 1.54) is 6.21 Å². The SMILES string of the molecule is CCOc1cc(/C=N/NC(=O)CC#N)ccc1OCc1ccccc1Cl. The van der Waals surface area contributed by atoms with Gasteiger partial charge in [-0.25, -0.2) is 5.43 Å². The van der Waals surface area contributed by atoms with Gasteiger partial charge in [-0.15, -0.1) is 0 Å². The summed E-state index contributed by atoms with van der Waals surface area (Å²) in [5, 5.41) is 12.9. The van der Waals surface area contributed by atoms with Crippen LogP contribution in [0.25, 0.3) is 0 Å². The molecule has 0 fully saturated rings. The molecule has 0 saturated heterocycles. The van der Waals surface area contributed by atoms with Crippen LogP contribution in [0.4, 0.5) is 0 Å². The van der Waals surface area contributed by atoms with Crippen molar-refractivity contribution in [2.45, 2.75) is 20.0 Å². The third-order valence-corrected chi connectivity index (χ3v) is 3.62. The van der Waals surface area contributed by atoms with Crippen molar-refractivity contribution in [3.63, 3.8) is 0 Å². The molecule has 2 aromatic carbocycles. The van der Waals surface area contributed by atoms with Crippen LogP contribution in [0.3, 0.4) is 0 Å². The highest BCUT2D eigenvalue weighted by atomic mass is 35.5. The Bertz CT molecular complexity index is 831. The van der Waals surface area contributed by atoms with E-state index in [2.05, 4.69) is 10.5 Å². The number of nitrogens with zero attached hydrogens (tertiary/aromatic N) is 2. The van der Waals surface area contributed by atoms with Crippen LogP contribution >= 0.6 is 11.6 Å². The molecule has 0 aromatic heterocycles. The first-order valence-electron chi connectivity index (χ1n) is 7.96. The lowest BCUT2D eigenvalue weighted by molar-refractivity contribution is -0.120. The van der Waals surface area contributed by atoms with Crippen molar-refractivity contribution >= 4 is 23.7 Å². The molecule has 2 aromatic rings.